The van der Waals surface area contributed by atoms with Crippen LogP contribution in [0.25, 0.3) is 0 Å². The van der Waals surface area contributed by atoms with Crippen molar-refractivity contribution in [1.82, 2.24) is 14.9 Å². The summed E-state index contributed by atoms with van der Waals surface area (Å²) < 4.78 is 0.961. The molecular weight excluding hydrogens is 332 g/mol. The van der Waals surface area contributed by atoms with Crippen molar-refractivity contribution in [1.29, 1.82) is 0 Å². The normalized spacial score (nSPS) is 10.2. The first kappa shape index (κ1) is 15.4. The van der Waals surface area contributed by atoms with Crippen LogP contribution in [0.1, 0.15) is 24.3 Å². The van der Waals surface area contributed by atoms with Gasteiger partial charge < -0.3 is 10.2 Å². The van der Waals surface area contributed by atoms with Gasteiger partial charge >= 0.3 is 0 Å². The fourth-order valence-corrected chi connectivity index (χ4v) is 2.31. The number of halogens is 1. The van der Waals surface area contributed by atoms with Gasteiger partial charge in [0.25, 0.3) is 5.91 Å². The molecule has 6 heteroatoms. The summed E-state index contributed by atoms with van der Waals surface area (Å²) in [6.07, 6.45) is 1.59. The van der Waals surface area contributed by atoms with E-state index in [0.717, 1.165) is 10.2 Å². The van der Waals surface area contributed by atoms with Gasteiger partial charge in [0, 0.05) is 29.4 Å². The molecule has 0 spiro atoms. The van der Waals surface area contributed by atoms with E-state index in [9.17, 15) is 4.79 Å². The van der Waals surface area contributed by atoms with Gasteiger partial charge in [-0.1, -0.05) is 22.0 Å². The minimum Gasteiger partial charge on any atom is -0.338 e. The summed E-state index contributed by atoms with van der Waals surface area (Å²) in [7, 11) is 0. The largest absolute Gasteiger partial charge is 0.338 e. The van der Waals surface area contributed by atoms with E-state index in [1.807, 2.05) is 38.1 Å². The van der Waals surface area contributed by atoms with Crippen molar-refractivity contribution in [3.05, 3.63) is 46.7 Å². The molecular formula is C15H17BrN4O. The maximum absolute atomic E-state index is 12.3. The van der Waals surface area contributed by atoms with E-state index in [-0.39, 0.29) is 5.91 Å². The maximum atomic E-state index is 12.3. The van der Waals surface area contributed by atoms with Crippen LogP contribution < -0.4 is 5.32 Å². The zero-order valence-corrected chi connectivity index (χ0v) is 13.6. The monoisotopic (exact) mass is 348 g/mol. The summed E-state index contributed by atoms with van der Waals surface area (Å²) in [5.41, 5.74) is 1.25. The number of carbonyl (C=O) groups is 1. The Hall–Kier alpha value is -1.95. The number of carbonyl (C=O) groups excluding carboxylic acids is 1. The van der Waals surface area contributed by atoms with Crippen LogP contribution in [0, 0.1) is 0 Å². The second-order valence-corrected chi connectivity index (χ2v) is 5.29. The van der Waals surface area contributed by atoms with Crippen LogP contribution in [0.5, 0.6) is 0 Å². The number of hydrogen-bond acceptors (Lipinski definition) is 4. The number of benzene rings is 1. The van der Waals surface area contributed by atoms with Crippen LogP contribution in [0.15, 0.2) is 41.0 Å². The number of hydrogen-bond donors (Lipinski definition) is 1. The number of amides is 1. The highest BCUT2D eigenvalue weighted by Crippen LogP contribution is 2.18. The van der Waals surface area contributed by atoms with Crippen molar-refractivity contribution >= 4 is 33.5 Å². The SMILES string of the molecule is CCN(CC)C(=O)c1ccnc(Nc2cccc(Br)c2)n1. The van der Waals surface area contributed by atoms with Crippen molar-refractivity contribution in [2.45, 2.75) is 13.8 Å². The van der Waals surface area contributed by atoms with Gasteiger partial charge in [-0.05, 0) is 38.1 Å². The molecule has 0 aliphatic carbocycles. The maximum Gasteiger partial charge on any atom is 0.272 e. The van der Waals surface area contributed by atoms with Crippen molar-refractivity contribution in [3.8, 4) is 0 Å². The van der Waals surface area contributed by atoms with Gasteiger partial charge in [-0.25, -0.2) is 9.97 Å². The quantitative estimate of drug-likeness (QED) is 0.898. The van der Waals surface area contributed by atoms with Crippen molar-refractivity contribution in [2.75, 3.05) is 18.4 Å². The van der Waals surface area contributed by atoms with E-state index in [1.54, 1.807) is 17.2 Å². The van der Waals surface area contributed by atoms with Gasteiger partial charge in [-0.15, -0.1) is 0 Å². The molecule has 1 N–H and O–H groups in total. The average molecular weight is 349 g/mol. The van der Waals surface area contributed by atoms with Crippen LogP contribution >= 0.6 is 15.9 Å². The molecule has 1 heterocycles. The Bertz CT molecular complexity index is 629. The summed E-state index contributed by atoms with van der Waals surface area (Å²) >= 11 is 3.41. The van der Waals surface area contributed by atoms with E-state index in [2.05, 4.69) is 31.2 Å². The summed E-state index contributed by atoms with van der Waals surface area (Å²) in [5.74, 6) is 0.325. The lowest BCUT2D eigenvalue weighted by atomic mass is 10.3. The fourth-order valence-electron chi connectivity index (χ4n) is 1.91. The fraction of sp³-hybridized carbons (Fsp3) is 0.267. The first-order valence-corrected chi connectivity index (χ1v) is 7.58. The predicted octanol–water partition coefficient (Wildman–Crippen LogP) is 3.46. The molecule has 0 aliphatic rings. The summed E-state index contributed by atoms with van der Waals surface area (Å²) in [6, 6.07) is 9.31. The Kier molecular flexibility index (Phi) is 5.27. The number of rotatable bonds is 5. The molecule has 21 heavy (non-hydrogen) atoms. The molecule has 0 aliphatic heterocycles. The molecule has 110 valence electrons. The third kappa shape index (κ3) is 4.01. The highest BCUT2D eigenvalue weighted by atomic mass is 79.9. The second-order valence-electron chi connectivity index (χ2n) is 4.38. The van der Waals surface area contributed by atoms with Crippen molar-refractivity contribution < 1.29 is 4.79 Å². The molecule has 0 radical (unpaired) electrons. The zero-order valence-electron chi connectivity index (χ0n) is 12.0. The smallest absolute Gasteiger partial charge is 0.272 e. The molecule has 0 fully saturated rings. The number of aromatic nitrogens is 2. The Labute approximate surface area is 132 Å². The lowest BCUT2D eigenvalue weighted by molar-refractivity contribution is 0.0767. The van der Waals surface area contributed by atoms with Gasteiger partial charge in [0.05, 0.1) is 0 Å². The molecule has 2 aromatic rings. The van der Waals surface area contributed by atoms with Crippen LogP contribution in [0.3, 0.4) is 0 Å². The molecule has 0 unspecified atom stereocenters. The standard InChI is InChI=1S/C15H17BrN4O/c1-3-20(4-2)14(21)13-8-9-17-15(19-13)18-12-7-5-6-11(16)10-12/h5-10H,3-4H2,1-2H3,(H,17,18,19). The first-order valence-electron chi connectivity index (χ1n) is 6.79. The number of nitrogens with zero attached hydrogens (tertiary/aromatic N) is 3. The topological polar surface area (TPSA) is 58.1 Å². The Morgan fingerprint density at radius 3 is 2.71 bits per heavy atom. The van der Waals surface area contributed by atoms with Gasteiger partial charge in [0.2, 0.25) is 5.95 Å². The molecule has 0 saturated carbocycles. The van der Waals surface area contributed by atoms with E-state index >= 15 is 0 Å². The minimum atomic E-state index is -0.0836. The van der Waals surface area contributed by atoms with E-state index in [4.69, 9.17) is 0 Å². The lowest BCUT2D eigenvalue weighted by Crippen LogP contribution is -2.31. The molecule has 1 aromatic carbocycles. The van der Waals surface area contributed by atoms with Crippen LogP contribution in [-0.2, 0) is 0 Å². The highest BCUT2D eigenvalue weighted by molar-refractivity contribution is 9.10. The van der Waals surface area contributed by atoms with E-state index in [1.165, 1.54) is 0 Å². The van der Waals surface area contributed by atoms with Crippen LogP contribution in [-0.4, -0.2) is 33.9 Å². The molecule has 0 bridgehead atoms. The predicted molar refractivity (Wildman–Crippen MR) is 86.7 cm³/mol. The molecule has 1 amide bonds. The first-order chi connectivity index (χ1) is 10.1. The van der Waals surface area contributed by atoms with E-state index < -0.39 is 0 Å². The van der Waals surface area contributed by atoms with Gasteiger partial charge in [-0.2, -0.15) is 0 Å². The molecule has 1 aromatic heterocycles. The lowest BCUT2D eigenvalue weighted by Gasteiger charge is -2.18. The molecule has 5 nitrogen and oxygen atoms in total. The molecule has 0 atom stereocenters. The third-order valence-electron chi connectivity index (χ3n) is 3.01. The van der Waals surface area contributed by atoms with Crippen molar-refractivity contribution in [3.63, 3.8) is 0 Å². The van der Waals surface area contributed by atoms with Gasteiger partial charge in [-0.3, -0.25) is 4.79 Å². The van der Waals surface area contributed by atoms with Gasteiger partial charge in [0.1, 0.15) is 5.69 Å². The van der Waals surface area contributed by atoms with Crippen LogP contribution in [0.2, 0.25) is 0 Å². The Balaban J connectivity index is 2.20. The zero-order chi connectivity index (χ0) is 15.2. The number of anilines is 2. The summed E-state index contributed by atoms with van der Waals surface area (Å²) in [5, 5.41) is 3.09. The van der Waals surface area contributed by atoms with Crippen LogP contribution in [0.4, 0.5) is 11.6 Å². The average Bonchev–Trinajstić information content (AvgIpc) is 2.48. The second kappa shape index (κ2) is 7.17. The summed E-state index contributed by atoms with van der Waals surface area (Å²) in [6.45, 7) is 5.22. The van der Waals surface area contributed by atoms with Crippen molar-refractivity contribution in [2.24, 2.45) is 0 Å². The molecule has 0 saturated heterocycles. The van der Waals surface area contributed by atoms with E-state index in [0.29, 0.717) is 24.7 Å². The minimum absolute atomic E-state index is 0.0836. The molecule has 2 rings (SSSR count). The number of nitrogens with one attached hydrogen (secondary N) is 1. The Morgan fingerprint density at radius 1 is 1.29 bits per heavy atom. The Morgan fingerprint density at radius 2 is 2.05 bits per heavy atom. The third-order valence-corrected chi connectivity index (χ3v) is 3.50. The summed E-state index contributed by atoms with van der Waals surface area (Å²) in [4.78, 5) is 22.4. The highest BCUT2D eigenvalue weighted by Gasteiger charge is 2.14. The van der Waals surface area contributed by atoms with Gasteiger partial charge in [0.15, 0.2) is 0 Å².